The molecule has 2 aromatic heterocycles. The highest BCUT2D eigenvalue weighted by molar-refractivity contribution is 7.27. The fourth-order valence-corrected chi connectivity index (χ4v) is 28.4. The summed E-state index contributed by atoms with van der Waals surface area (Å²) in [6, 6.07) is 79.1. The Bertz CT molecular complexity index is 6900. The van der Waals surface area contributed by atoms with Gasteiger partial charge in [-0.05, 0) is 390 Å². The summed E-state index contributed by atoms with van der Waals surface area (Å²) in [5, 5.41) is 5.56. The van der Waals surface area contributed by atoms with Crippen LogP contribution >= 0.6 is 22.7 Å². The summed E-state index contributed by atoms with van der Waals surface area (Å²) in [6.07, 6.45) is 10.4. The lowest BCUT2D eigenvalue weighted by Crippen LogP contribution is -2.61. The van der Waals surface area contributed by atoms with Crippen molar-refractivity contribution in [1.82, 2.24) is 0 Å². The minimum Gasteiger partial charge on any atom is -0.311 e. The first-order valence-corrected chi connectivity index (χ1v) is 50.2. The molecule has 8 heteroatoms. The summed E-state index contributed by atoms with van der Waals surface area (Å²) in [4.78, 5) is 10.9. The lowest BCUT2D eigenvalue weighted by molar-refractivity contribution is 0.154. The van der Waals surface area contributed by atoms with E-state index in [1.54, 1.807) is 11.1 Å². The van der Waals surface area contributed by atoms with Crippen LogP contribution in [-0.2, 0) is 65.0 Å². The van der Waals surface area contributed by atoms with E-state index in [1.807, 2.05) is 11.3 Å². The molecule has 652 valence electrons. The Morgan fingerprint density at radius 2 is 0.633 bits per heavy atom. The Labute approximate surface area is 775 Å². The van der Waals surface area contributed by atoms with Crippen LogP contribution in [0, 0.1) is 13.8 Å². The molecule has 1 saturated carbocycles. The summed E-state index contributed by atoms with van der Waals surface area (Å²) in [6.45, 7) is 68.6. The minimum atomic E-state index is -0.142. The Balaban J connectivity index is 0.745. The first kappa shape index (κ1) is 84.2. The van der Waals surface area contributed by atoms with Gasteiger partial charge in [-0.2, -0.15) is 0 Å². The van der Waals surface area contributed by atoms with Gasteiger partial charge in [-0.15, -0.1) is 22.7 Å². The van der Waals surface area contributed by atoms with E-state index in [-0.39, 0.29) is 78.4 Å². The highest BCUT2D eigenvalue weighted by atomic mass is 32.1. The molecule has 1 fully saturated rings. The number of fused-ring (bicyclic) bond motifs is 17. The van der Waals surface area contributed by atoms with E-state index in [2.05, 4.69) is 413 Å². The number of benzene rings is 11. The molecule has 4 nitrogen and oxygen atoms in total. The molecule has 23 rings (SSSR count). The molecule has 3 atom stereocenters. The van der Waals surface area contributed by atoms with Gasteiger partial charge in [-0.25, -0.2) is 0 Å². The van der Waals surface area contributed by atoms with Crippen LogP contribution in [0.4, 0.5) is 66.9 Å². The van der Waals surface area contributed by atoms with E-state index in [0.29, 0.717) is 5.92 Å². The molecule has 11 aromatic carbocycles. The topological polar surface area (TPSA) is 13.0 Å². The van der Waals surface area contributed by atoms with Gasteiger partial charge in [0.15, 0.2) is 0 Å². The summed E-state index contributed by atoms with van der Waals surface area (Å²) in [5.41, 5.74) is 45.4. The number of thiophene rings is 2. The van der Waals surface area contributed by atoms with Crippen LogP contribution in [0.25, 0.3) is 31.3 Å². The predicted octanol–water partition coefficient (Wildman–Crippen LogP) is 30.3. The van der Waals surface area contributed by atoms with E-state index in [1.165, 1.54) is 223 Å². The van der Waals surface area contributed by atoms with Crippen LogP contribution < -0.4 is 52.4 Å². The Morgan fingerprint density at radius 3 is 1.02 bits per heavy atom. The van der Waals surface area contributed by atoms with Crippen LogP contribution in [0.15, 0.2) is 188 Å². The fraction of sp³-hybridized carbons (Fsp3) is 0.417. The first-order chi connectivity index (χ1) is 59.9. The fourth-order valence-electron chi connectivity index (χ4n) is 25.8. The zero-order valence-electron chi connectivity index (χ0n) is 82.1. The molecule has 10 aliphatic rings. The van der Waals surface area contributed by atoms with E-state index in [0.717, 1.165) is 38.5 Å². The summed E-state index contributed by atoms with van der Waals surface area (Å²) >= 11 is 4.10. The smallest absolute Gasteiger partial charge is 0.254 e. The van der Waals surface area contributed by atoms with Crippen molar-refractivity contribution in [1.29, 1.82) is 0 Å². The quantitative estimate of drug-likeness (QED) is 0.154. The van der Waals surface area contributed by atoms with E-state index in [4.69, 9.17) is 0 Å². The monoisotopic (exact) mass is 1720 g/mol. The SMILES string of the molecule is Cc1cc2c3c(c1)N(c1ccc(C(C)(C)C)cc1)c1sc4cc5c(cc4c1B3c1cc3c(cc1N2c1ccc(C(C)(C)C)cc1)C(C)(C)CCC3(C)C)C1(C)CCC5(C)CC1c1ccc(-c2cc3c4c(c2)N(c2ccc(C(C)(C)C)cc2)c2sc5cc6c(cc5c2B4c2cc4c(cc2N3c2ccc(C(C)(C)C)cc2)C(C)(C)CCC4(C)C)C(C)(C)CCC6(C)C)c(C)c1. The second kappa shape index (κ2) is 27.2. The van der Waals surface area contributed by atoms with E-state index in [9.17, 15) is 0 Å². The minimum absolute atomic E-state index is 0.00261. The van der Waals surface area contributed by atoms with E-state index >= 15 is 0 Å². The molecule has 0 amide bonds. The van der Waals surface area contributed by atoms with Crippen molar-refractivity contribution in [3.8, 4) is 11.1 Å². The van der Waals surface area contributed by atoms with Gasteiger partial charge >= 0.3 is 0 Å². The number of nitrogens with zero attached hydrogens (tertiary/aromatic N) is 4. The molecular formula is C120H134B2N4S2. The summed E-state index contributed by atoms with van der Waals surface area (Å²) in [5.74, 6) is 0.292. The van der Waals surface area contributed by atoms with Crippen molar-refractivity contribution in [2.45, 2.75) is 323 Å². The number of hydrogen-bond acceptors (Lipinski definition) is 6. The van der Waals surface area contributed by atoms with Crippen LogP contribution in [0.2, 0.25) is 0 Å². The number of hydrogen-bond donors (Lipinski definition) is 0. The Morgan fingerprint density at radius 1 is 0.305 bits per heavy atom. The standard InChI is InChI=1S/C120H134B2N4S2/c1-69-55-97-105-98(56-69)125(79-42-34-75(35-43-79)111(9,10)11)107-104(121(105)93-62-85-87(116(21,22)50-48-114(85,17)18)64-95(93)123(97)77-38-30-73(31-39-77)109(3,4)5)83-61-91-90(67-102(83)128-107)119(27)53-54-120(91,28)92(68-119)71-29-46-81(70(2)57-71)72-58-99-106-100(59-72)126(80-44-36-76(37-45-80)112(12,13)14)108-103(82-60-84-89(66-101(82)127-108)118(25,26)52-47-113(84,15)16)122(106)94-63-86-88(117(23,24)51-49-115(86,19)20)65-96(94)124(99)78-40-32-74(33-41-78)110(6,7)8/h29-46,55-67,92H,47-54,68H2,1-28H3. The molecule has 6 heterocycles. The Kier molecular flexibility index (Phi) is 17.9. The maximum atomic E-state index is 2.82. The zero-order chi connectivity index (χ0) is 90.3. The van der Waals surface area contributed by atoms with Gasteiger partial charge in [0.05, 0.1) is 10.0 Å². The molecule has 13 aromatic rings. The molecule has 128 heavy (non-hydrogen) atoms. The molecule has 2 bridgehead atoms. The largest absolute Gasteiger partial charge is 0.311 e. The molecule has 0 saturated heterocycles. The molecule has 3 unspecified atom stereocenters. The third-order valence-electron chi connectivity index (χ3n) is 34.4. The maximum Gasteiger partial charge on any atom is 0.254 e. The van der Waals surface area contributed by atoms with Gasteiger partial charge in [0, 0.05) is 66.3 Å². The second-order valence-electron chi connectivity index (χ2n) is 50.0. The van der Waals surface area contributed by atoms with Gasteiger partial charge in [0.1, 0.15) is 0 Å². The molecule has 4 aliphatic heterocycles. The van der Waals surface area contributed by atoms with Gasteiger partial charge in [-0.1, -0.05) is 259 Å². The highest BCUT2D eigenvalue weighted by Crippen LogP contribution is 2.65. The normalized spacial score (nSPS) is 21.4. The number of anilines is 12. The predicted molar refractivity (Wildman–Crippen MR) is 559 cm³/mol. The lowest BCUT2D eigenvalue weighted by Gasteiger charge is -2.57. The van der Waals surface area contributed by atoms with Gasteiger partial charge < -0.3 is 19.6 Å². The van der Waals surface area contributed by atoms with Crippen molar-refractivity contribution in [2.75, 3.05) is 19.6 Å². The Hall–Kier alpha value is -9.33. The summed E-state index contributed by atoms with van der Waals surface area (Å²) < 4.78 is 2.81. The van der Waals surface area contributed by atoms with Crippen molar-refractivity contribution >= 4 is 156 Å². The van der Waals surface area contributed by atoms with Gasteiger partial charge in [0.25, 0.3) is 13.4 Å². The number of rotatable bonds is 6. The lowest BCUT2D eigenvalue weighted by atomic mass is 9.33. The molecule has 6 aliphatic carbocycles. The molecule has 0 N–H and O–H groups in total. The van der Waals surface area contributed by atoms with Gasteiger partial charge in [0.2, 0.25) is 0 Å². The zero-order valence-corrected chi connectivity index (χ0v) is 83.7. The average Bonchev–Trinajstić information content (AvgIpc) is 1.36. The highest BCUT2D eigenvalue weighted by Gasteiger charge is 2.57. The van der Waals surface area contributed by atoms with Crippen molar-refractivity contribution < 1.29 is 0 Å². The van der Waals surface area contributed by atoms with E-state index < -0.39 is 0 Å². The van der Waals surface area contributed by atoms with Crippen molar-refractivity contribution in [3.05, 3.63) is 272 Å². The van der Waals surface area contributed by atoms with Crippen LogP contribution in [0.5, 0.6) is 0 Å². The van der Waals surface area contributed by atoms with Crippen LogP contribution in [0.1, 0.15) is 327 Å². The second-order valence-corrected chi connectivity index (χ2v) is 52.1. The summed E-state index contributed by atoms with van der Waals surface area (Å²) in [7, 11) is 0. The third-order valence-corrected chi connectivity index (χ3v) is 36.7. The molecular weight excluding hydrogens is 1580 g/mol. The van der Waals surface area contributed by atoms with Crippen LogP contribution in [0.3, 0.4) is 0 Å². The molecule has 0 radical (unpaired) electrons. The van der Waals surface area contributed by atoms with Crippen molar-refractivity contribution in [2.24, 2.45) is 0 Å². The van der Waals surface area contributed by atoms with Gasteiger partial charge in [-0.3, -0.25) is 0 Å². The first-order valence-electron chi connectivity index (χ1n) is 48.6. The average molecular weight is 1720 g/mol. The maximum absolute atomic E-state index is 2.82. The van der Waals surface area contributed by atoms with Crippen LogP contribution in [-0.4, -0.2) is 13.4 Å². The van der Waals surface area contributed by atoms with Crippen molar-refractivity contribution in [3.63, 3.8) is 0 Å². The molecule has 0 spiro atoms. The number of aryl methyl sites for hydroxylation is 2. The third kappa shape index (κ3) is 12.4.